The molecule has 1 aliphatic rings. The molecule has 0 fully saturated rings. The summed E-state index contributed by atoms with van der Waals surface area (Å²) in [6.07, 6.45) is 0.690. The Bertz CT molecular complexity index is 871. The summed E-state index contributed by atoms with van der Waals surface area (Å²) in [7, 11) is 2.55. The zero-order valence-electron chi connectivity index (χ0n) is 16.2. The average Bonchev–Trinajstić information content (AvgIpc) is 2.71. The molecule has 1 aromatic carbocycles. The summed E-state index contributed by atoms with van der Waals surface area (Å²) in [4.78, 5) is 22.0. The minimum absolute atomic E-state index is 0.00185. The van der Waals surface area contributed by atoms with Crippen molar-refractivity contribution in [2.24, 2.45) is 10.3 Å². The number of oxime groups is 2. The van der Waals surface area contributed by atoms with Crippen molar-refractivity contribution in [2.45, 2.75) is 25.9 Å². The molecule has 0 unspecified atom stereocenters. The highest BCUT2D eigenvalue weighted by Crippen LogP contribution is 2.29. The van der Waals surface area contributed by atoms with Gasteiger partial charge in [0.25, 0.3) is 0 Å². The monoisotopic (exact) mass is 410 g/mol. The fourth-order valence-corrected chi connectivity index (χ4v) is 2.67. The molecule has 1 aliphatic carbocycles. The molecule has 29 heavy (non-hydrogen) atoms. The van der Waals surface area contributed by atoms with Crippen LogP contribution in [0.3, 0.4) is 0 Å². The zero-order valence-corrected chi connectivity index (χ0v) is 16.2. The maximum absolute atomic E-state index is 12.9. The smallest absolute Gasteiger partial charge is 0.416 e. The van der Waals surface area contributed by atoms with E-state index >= 15 is 0 Å². The number of allylic oxidation sites excluding steroid dienone is 2. The van der Waals surface area contributed by atoms with E-state index in [9.17, 15) is 18.0 Å². The second kappa shape index (κ2) is 9.90. The van der Waals surface area contributed by atoms with Crippen LogP contribution in [-0.4, -0.2) is 38.2 Å². The number of methoxy groups -OCH3 is 1. The summed E-state index contributed by atoms with van der Waals surface area (Å²) in [5, 5.41) is 7.64. The van der Waals surface area contributed by atoms with Crippen LogP contribution in [0.1, 0.15) is 30.9 Å². The quantitative estimate of drug-likeness (QED) is 0.383. The van der Waals surface area contributed by atoms with Crippen molar-refractivity contribution in [1.82, 2.24) is 0 Å². The molecular weight excluding hydrogens is 389 g/mol. The molecule has 0 aromatic heterocycles. The van der Waals surface area contributed by atoms with Crippen molar-refractivity contribution in [1.29, 1.82) is 0 Å². The van der Waals surface area contributed by atoms with Gasteiger partial charge in [-0.2, -0.15) is 13.2 Å². The second-order valence-electron chi connectivity index (χ2n) is 6.07. The predicted molar refractivity (Wildman–Crippen MR) is 101 cm³/mol. The van der Waals surface area contributed by atoms with Crippen LogP contribution >= 0.6 is 0 Å². The normalized spacial score (nSPS) is 15.4. The first-order valence-electron chi connectivity index (χ1n) is 8.71. The average molecular weight is 410 g/mol. The Hall–Kier alpha value is -3.10. The summed E-state index contributed by atoms with van der Waals surface area (Å²) in [6.45, 7) is 1.55. The largest absolute Gasteiger partial charge is 0.464 e. The molecule has 156 valence electrons. The first-order valence-corrected chi connectivity index (χ1v) is 8.71. The van der Waals surface area contributed by atoms with Crippen LogP contribution in [0.5, 0.6) is 0 Å². The van der Waals surface area contributed by atoms with E-state index in [4.69, 9.17) is 14.4 Å². The van der Waals surface area contributed by atoms with E-state index in [1.165, 1.54) is 26.4 Å². The number of hydrogen-bond acceptors (Lipinski definition) is 6. The van der Waals surface area contributed by atoms with Gasteiger partial charge in [0.05, 0.1) is 18.4 Å². The van der Waals surface area contributed by atoms with Gasteiger partial charge < -0.3 is 14.4 Å². The third-order valence-corrected chi connectivity index (χ3v) is 4.10. The maximum atomic E-state index is 12.9. The van der Waals surface area contributed by atoms with Gasteiger partial charge in [-0.1, -0.05) is 34.6 Å². The Kier molecular flexibility index (Phi) is 7.58. The highest BCUT2D eigenvalue weighted by molar-refractivity contribution is 6.44. The number of nitrogens with zero attached hydrogens (tertiary/aromatic N) is 2. The molecule has 0 N–H and O–H groups in total. The standard InChI is InChI=1S/C20H21F3N2O4/c1-13(14-8-6-9-16(11-14)20(21,22)23)24-29-12-15-7-4-5-10-17(15)18(25-28-3)19(26)27-2/h6-11H,4-5,12H2,1-3H3/b24-13+,25-18+. The van der Waals surface area contributed by atoms with Crippen LogP contribution in [-0.2, 0) is 25.4 Å². The molecular formula is C20H21F3N2O4. The molecule has 1 aromatic rings. The Labute approximate surface area is 166 Å². The fourth-order valence-electron chi connectivity index (χ4n) is 2.67. The first-order chi connectivity index (χ1) is 13.8. The molecule has 0 radical (unpaired) electrons. The summed E-state index contributed by atoms with van der Waals surface area (Å²) >= 11 is 0. The van der Waals surface area contributed by atoms with Crippen molar-refractivity contribution in [3.8, 4) is 0 Å². The third kappa shape index (κ3) is 5.94. The minimum atomic E-state index is -4.44. The number of hydrogen-bond donors (Lipinski definition) is 0. The number of carbonyl (C=O) groups is 1. The minimum Gasteiger partial charge on any atom is -0.464 e. The number of ether oxygens (including phenoxy) is 1. The molecule has 6 nitrogen and oxygen atoms in total. The van der Waals surface area contributed by atoms with Gasteiger partial charge in [0.15, 0.2) is 5.71 Å². The van der Waals surface area contributed by atoms with Gasteiger partial charge in [0.1, 0.15) is 13.7 Å². The summed E-state index contributed by atoms with van der Waals surface area (Å²) < 4.78 is 43.3. The number of rotatable bonds is 7. The number of esters is 1. The molecule has 0 heterocycles. The van der Waals surface area contributed by atoms with Gasteiger partial charge >= 0.3 is 12.1 Å². The zero-order chi connectivity index (χ0) is 21.4. The van der Waals surface area contributed by atoms with Gasteiger partial charge in [-0.15, -0.1) is 0 Å². The summed E-state index contributed by atoms with van der Waals surface area (Å²) in [5.41, 5.74) is 0.988. The molecule has 0 saturated carbocycles. The van der Waals surface area contributed by atoms with E-state index in [2.05, 4.69) is 10.3 Å². The van der Waals surface area contributed by atoms with Gasteiger partial charge in [-0.3, -0.25) is 0 Å². The van der Waals surface area contributed by atoms with Crippen LogP contribution in [0, 0.1) is 0 Å². The SMILES string of the molecule is CO/N=C(/C(=O)OC)C1=CCCC=C1CO/N=C(\C)c1cccc(C(F)(F)F)c1. The Morgan fingerprint density at radius 2 is 1.86 bits per heavy atom. The molecule has 9 heteroatoms. The van der Waals surface area contributed by atoms with Crippen molar-refractivity contribution < 1.29 is 32.4 Å². The molecule has 0 bridgehead atoms. The molecule has 0 aliphatic heterocycles. The second-order valence-corrected chi connectivity index (χ2v) is 6.07. The van der Waals surface area contributed by atoms with E-state index in [1.807, 2.05) is 12.2 Å². The molecule has 0 atom stereocenters. The van der Waals surface area contributed by atoms with Crippen LogP contribution < -0.4 is 0 Å². The number of benzene rings is 1. The van der Waals surface area contributed by atoms with E-state index in [-0.39, 0.29) is 18.0 Å². The highest BCUT2D eigenvalue weighted by atomic mass is 19.4. The third-order valence-electron chi connectivity index (χ3n) is 4.10. The molecule has 2 rings (SSSR count). The lowest BCUT2D eigenvalue weighted by molar-refractivity contribution is -0.137. The van der Waals surface area contributed by atoms with Crippen LogP contribution in [0.4, 0.5) is 13.2 Å². The van der Waals surface area contributed by atoms with Gasteiger partial charge in [-0.05, 0) is 43.0 Å². The summed E-state index contributed by atoms with van der Waals surface area (Å²) in [5.74, 6) is -0.658. The highest BCUT2D eigenvalue weighted by Gasteiger charge is 2.30. The predicted octanol–water partition coefficient (Wildman–Crippen LogP) is 4.27. The Morgan fingerprint density at radius 3 is 2.52 bits per heavy atom. The van der Waals surface area contributed by atoms with E-state index in [0.717, 1.165) is 18.6 Å². The molecule has 0 saturated heterocycles. The van der Waals surface area contributed by atoms with Crippen molar-refractivity contribution in [3.05, 3.63) is 58.7 Å². The van der Waals surface area contributed by atoms with Crippen LogP contribution in [0.15, 0.2) is 57.9 Å². The van der Waals surface area contributed by atoms with Gasteiger partial charge in [0, 0.05) is 5.57 Å². The number of alkyl halides is 3. The van der Waals surface area contributed by atoms with Crippen molar-refractivity contribution in [2.75, 3.05) is 20.8 Å². The Morgan fingerprint density at radius 1 is 1.14 bits per heavy atom. The lowest BCUT2D eigenvalue weighted by Gasteiger charge is -2.16. The van der Waals surface area contributed by atoms with E-state index in [1.54, 1.807) is 6.92 Å². The first kappa shape index (κ1) is 22.2. The lowest BCUT2D eigenvalue weighted by atomic mass is 9.94. The van der Waals surface area contributed by atoms with Crippen molar-refractivity contribution in [3.63, 3.8) is 0 Å². The number of halogens is 3. The van der Waals surface area contributed by atoms with Crippen molar-refractivity contribution >= 4 is 17.4 Å². The topological polar surface area (TPSA) is 69.5 Å². The van der Waals surface area contributed by atoms with E-state index < -0.39 is 17.7 Å². The Balaban J connectivity index is 2.14. The summed E-state index contributed by atoms with van der Waals surface area (Å²) in [6, 6.07) is 4.83. The van der Waals surface area contributed by atoms with Crippen LogP contribution in [0.25, 0.3) is 0 Å². The number of carbonyl (C=O) groups excluding carboxylic acids is 1. The lowest BCUT2D eigenvalue weighted by Crippen LogP contribution is -2.22. The molecule has 0 amide bonds. The van der Waals surface area contributed by atoms with Crippen LogP contribution in [0.2, 0.25) is 0 Å². The van der Waals surface area contributed by atoms with E-state index in [0.29, 0.717) is 23.1 Å². The fraction of sp³-hybridized carbons (Fsp3) is 0.350. The van der Waals surface area contributed by atoms with Gasteiger partial charge in [0.2, 0.25) is 0 Å². The van der Waals surface area contributed by atoms with Gasteiger partial charge in [-0.25, -0.2) is 4.79 Å². The maximum Gasteiger partial charge on any atom is 0.416 e. The molecule has 0 spiro atoms.